The van der Waals surface area contributed by atoms with Crippen LogP contribution in [0.25, 0.3) is 0 Å². The Bertz CT molecular complexity index is 501. The molecule has 1 unspecified atom stereocenters. The molecule has 1 heterocycles. The zero-order valence-electron chi connectivity index (χ0n) is 10.2. The van der Waals surface area contributed by atoms with Gasteiger partial charge in [-0.2, -0.15) is 0 Å². The molecule has 5 nitrogen and oxygen atoms in total. The molecule has 0 spiro atoms. The van der Waals surface area contributed by atoms with Crippen LogP contribution in [-0.2, 0) is 9.59 Å². The van der Waals surface area contributed by atoms with Gasteiger partial charge < -0.3 is 5.32 Å². The molecule has 1 fully saturated rings. The Morgan fingerprint density at radius 1 is 1.42 bits per heavy atom. The Kier molecular flexibility index (Phi) is 3.75. The van der Waals surface area contributed by atoms with Gasteiger partial charge in [-0.15, -0.1) is 0 Å². The van der Waals surface area contributed by atoms with Crippen LogP contribution in [0.5, 0.6) is 0 Å². The van der Waals surface area contributed by atoms with E-state index in [1.54, 1.807) is 6.92 Å². The zero-order valence-corrected chi connectivity index (χ0v) is 10.2. The van der Waals surface area contributed by atoms with E-state index in [9.17, 15) is 18.4 Å². The number of hydrazine groups is 1. The smallest absolute Gasteiger partial charge is 0.240 e. The standard InChI is InChI=1S/C12H13F2N3O2/c1-7-2-11(18)16-17(7)6-12(19)15-10-4-8(13)3-9(14)5-10/h3-5,7H,2,6H2,1H3,(H,15,19)(H,16,18). The van der Waals surface area contributed by atoms with Gasteiger partial charge in [0.25, 0.3) is 0 Å². The van der Waals surface area contributed by atoms with Gasteiger partial charge in [-0.25, -0.2) is 13.8 Å². The topological polar surface area (TPSA) is 61.4 Å². The van der Waals surface area contributed by atoms with Gasteiger partial charge >= 0.3 is 0 Å². The van der Waals surface area contributed by atoms with Crippen molar-refractivity contribution in [2.45, 2.75) is 19.4 Å². The van der Waals surface area contributed by atoms with Crippen LogP contribution in [0.3, 0.4) is 0 Å². The average Bonchev–Trinajstić information content (AvgIpc) is 2.55. The quantitative estimate of drug-likeness (QED) is 0.861. The van der Waals surface area contributed by atoms with Crippen LogP contribution < -0.4 is 10.7 Å². The lowest BCUT2D eigenvalue weighted by molar-refractivity contribution is -0.122. The molecule has 2 N–H and O–H groups in total. The van der Waals surface area contributed by atoms with Crippen LogP contribution in [0.1, 0.15) is 13.3 Å². The molecule has 2 amide bonds. The first-order chi connectivity index (χ1) is 8.94. The van der Waals surface area contributed by atoms with E-state index >= 15 is 0 Å². The number of benzene rings is 1. The number of hydrogen-bond donors (Lipinski definition) is 2. The van der Waals surface area contributed by atoms with Crippen molar-refractivity contribution in [3.05, 3.63) is 29.8 Å². The van der Waals surface area contributed by atoms with Crippen molar-refractivity contribution < 1.29 is 18.4 Å². The second kappa shape index (κ2) is 5.31. The lowest BCUT2D eigenvalue weighted by Crippen LogP contribution is -2.42. The Morgan fingerprint density at radius 2 is 2.05 bits per heavy atom. The number of carbonyl (C=O) groups excluding carboxylic acids is 2. The minimum absolute atomic E-state index is 0.0423. The van der Waals surface area contributed by atoms with Crippen molar-refractivity contribution in [2.75, 3.05) is 11.9 Å². The molecule has 1 saturated heterocycles. The number of amides is 2. The molecule has 1 aromatic rings. The van der Waals surface area contributed by atoms with Gasteiger partial charge in [-0.3, -0.25) is 15.0 Å². The highest BCUT2D eigenvalue weighted by molar-refractivity contribution is 5.92. The fourth-order valence-corrected chi connectivity index (χ4v) is 1.87. The predicted octanol–water partition coefficient (Wildman–Crippen LogP) is 1.03. The van der Waals surface area contributed by atoms with E-state index in [1.807, 2.05) is 0 Å². The molecular formula is C12H13F2N3O2. The molecule has 0 radical (unpaired) electrons. The number of nitrogens with zero attached hydrogens (tertiary/aromatic N) is 1. The molecule has 0 saturated carbocycles. The first-order valence-electron chi connectivity index (χ1n) is 5.76. The Hall–Kier alpha value is -2.02. The van der Waals surface area contributed by atoms with Gasteiger partial charge in [0.2, 0.25) is 11.8 Å². The second-order valence-electron chi connectivity index (χ2n) is 4.42. The van der Waals surface area contributed by atoms with Crippen molar-refractivity contribution in [1.29, 1.82) is 0 Å². The van der Waals surface area contributed by atoms with Crippen LogP contribution in [0.2, 0.25) is 0 Å². The van der Waals surface area contributed by atoms with Crippen molar-refractivity contribution >= 4 is 17.5 Å². The third-order valence-corrected chi connectivity index (χ3v) is 2.74. The van der Waals surface area contributed by atoms with Crippen molar-refractivity contribution in [3.8, 4) is 0 Å². The molecule has 1 aliphatic rings. The molecule has 1 aromatic carbocycles. The molecule has 2 rings (SSSR count). The molecule has 7 heteroatoms. The number of rotatable bonds is 3. The van der Waals surface area contributed by atoms with Crippen LogP contribution in [0, 0.1) is 11.6 Å². The maximum absolute atomic E-state index is 12.9. The van der Waals surface area contributed by atoms with E-state index in [2.05, 4.69) is 10.7 Å². The first-order valence-corrected chi connectivity index (χ1v) is 5.76. The summed E-state index contributed by atoms with van der Waals surface area (Å²) in [5.41, 5.74) is 2.57. The van der Waals surface area contributed by atoms with Gasteiger partial charge in [0.1, 0.15) is 11.6 Å². The summed E-state index contributed by atoms with van der Waals surface area (Å²) in [5, 5.41) is 3.85. The fraction of sp³-hybridized carbons (Fsp3) is 0.333. The fourth-order valence-electron chi connectivity index (χ4n) is 1.87. The number of hydrogen-bond acceptors (Lipinski definition) is 3. The van der Waals surface area contributed by atoms with Crippen LogP contribution in [0.15, 0.2) is 18.2 Å². The third kappa shape index (κ3) is 3.47. The van der Waals surface area contributed by atoms with E-state index in [0.717, 1.165) is 18.2 Å². The van der Waals surface area contributed by atoms with E-state index in [4.69, 9.17) is 0 Å². The summed E-state index contributed by atoms with van der Waals surface area (Å²) in [7, 11) is 0. The van der Waals surface area contributed by atoms with Crippen LogP contribution in [-0.4, -0.2) is 29.4 Å². The van der Waals surface area contributed by atoms with Crippen molar-refractivity contribution in [2.24, 2.45) is 0 Å². The molecule has 0 aliphatic carbocycles. The SMILES string of the molecule is CC1CC(=O)NN1CC(=O)Nc1cc(F)cc(F)c1. The normalized spacial score (nSPS) is 19.3. The molecule has 102 valence electrons. The average molecular weight is 269 g/mol. The summed E-state index contributed by atoms with van der Waals surface area (Å²) >= 11 is 0. The number of anilines is 1. The first kappa shape index (κ1) is 13.4. The highest BCUT2D eigenvalue weighted by Crippen LogP contribution is 2.13. The summed E-state index contributed by atoms with van der Waals surface area (Å²) in [4.78, 5) is 22.8. The predicted molar refractivity (Wildman–Crippen MR) is 63.9 cm³/mol. The molecule has 1 aliphatic heterocycles. The summed E-state index contributed by atoms with van der Waals surface area (Å²) in [5.74, 6) is -2.15. The molecule has 0 bridgehead atoms. The third-order valence-electron chi connectivity index (χ3n) is 2.74. The Balaban J connectivity index is 1.96. The minimum Gasteiger partial charge on any atom is -0.325 e. The lowest BCUT2D eigenvalue weighted by atomic mass is 10.2. The maximum atomic E-state index is 12.9. The van der Waals surface area contributed by atoms with E-state index in [1.165, 1.54) is 5.01 Å². The highest BCUT2D eigenvalue weighted by atomic mass is 19.1. The molecule has 0 aromatic heterocycles. The van der Waals surface area contributed by atoms with E-state index in [-0.39, 0.29) is 24.2 Å². The van der Waals surface area contributed by atoms with E-state index < -0.39 is 17.5 Å². The van der Waals surface area contributed by atoms with Gasteiger partial charge in [0.15, 0.2) is 0 Å². The van der Waals surface area contributed by atoms with E-state index in [0.29, 0.717) is 6.42 Å². The summed E-state index contributed by atoms with van der Waals surface area (Å²) in [6, 6.07) is 2.67. The minimum atomic E-state index is -0.766. The second-order valence-corrected chi connectivity index (χ2v) is 4.42. The summed E-state index contributed by atoms with van der Waals surface area (Å²) in [6.07, 6.45) is 0.321. The van der Waals surface area contributed by atoms with Gasteiger partial charge in [-0.05, 0) is 19.1 Å². The monoisotopic (exact) mass is 269 g/mol. The van der Waals surface area contributed by atoms with Crippen LogP contribution in [0.4, 0.5) is 14.5 Å². The number of halogens is 2. The zero-order chi connectivity index (χ0) is 14.0. The maximum Gasteiger partial charge on any atom is 0.240 e. The van der Waals surface area contributed by atoms with Crippen molar-refractivity contribution in [1.82, 2.24) is 10.4 Å². The molecule has 19 heavy (non-hydrogen) atoms. The summed E-state index contributed by atoms with van der Waals surface area (Å²) < 4.78 is 25.9. The van der Waals surface area contributed by atoms with Crippen LogP contribution >= 0.6 is 0 Å². The summed E-state index contributed by atoms with van der Waals surface area (Å²) in [6.45, 7) is 1.72. The van der Waals surface area contributed by atoms with Gasteiger partial charge in [-0.1, -0.05) is 0 Å². The van der Waals surface area contributed by atoms with Gasteiger partial charge in [0, 0.05) is 24.2 Å². The lowest BCUT2D eigenvalue weighted by Gasteiger charge is -2.19. The highest BCUT2D eigenvalue weighted by Gasteiger charge is 2.27. The van der Waals surface area contributed by atoms with Crippen molar-refractivity contribution in [3.63, 3.8) is 0 Å². The van der Waals surface area contributed by atoms with Gasteiger partial charge in [0.05, 0.1) is 6.54 Å². The Labute approximate surface area is 108 Å². The Morgan fingerprint density at radius 3 is 2.58 bits per heavy atom. The molecular weight excluding hydrogens is 256 g/mol. The largest absolute Gasteiger partial charge is 0.325 e. The molecule has 1 atom stereocenters. The number of carbonyl (C=O) groups is 2. The number of nitrogens with one attached hydrogen (secondary N) is 2.